The summed E-state index contributed by atoms with van der Waals surface area (Å²) in [6.07, 6.45) is 10.4. The van der Waals surface area contributed by atoms with Crippen molar-refractivity contribution in [1.29, 1.82) is 0 Å². The van der Waals surface area contributed by atoms with Crippen LogP contribution in [0.2, 0.25) is 0 Å². The Morgan fingerprint density at radius 2 is 1.50 bits per heavy atom. The molecule has 2 saturated carbocycles. The first-order chi connectivity index (χ1) is 7.56. The van der Waals surface area contributed by atoms with Gasteiger partial charge < -0.3 is 27.6 Å². The molecule has 20 heavy (non-hydrogen) atoms. The van der Waals surface area contributed by atoms with Gasteiger partial charge in [-0.05, 0) is 37.0 Å². The summed E-state index contributed by atoms with van der Waals surface area (Å²) in [7, 11) is 0. The molecule has 1 nitrogen and oxygen atoms in total. The third-order valence-corrected chi connectivity index (χ3v) is 4.57. The van der Waals surface area contributed by atoms with Crippen LogP contribution >= 0.6 is 0 Å². The average molecular weight is 315 g/mol. The van der Waals surface area contributed by atoms with Crippen molar-refractivity contribution in [3.63, 3.8) is 0 Å². The van der Waals surface area contributed by atoms with Gasteiger partial charge in [-0.1, -0.05) is 46.5 Å². The molecule has 2 fully saturated rings. The van der Waals surface area contributed by atoms with Crippen molar-refractivity contribution >= 4 is 0 Å². The smallest absolute Gasteiger partial charge is 0.657 e. The second-order valence-corrected chi connectivity index (χ2v) is 6.89. The van der Waals surface area contributed by atoms with E-state index < -0.39 is 0 Å². The number of nitrogens with zero attached hydrogens (tertiary/aromatic N) is 1. The van der Waals surface area contributed by atoms with E-state index in [0.29, 0.717) is 0 Å². The van der Waals surface area contributed by atoms with E-state index >= 15 is 0 Å². The standard InChI is InChI=1S/C15H28N.3CH3.Ti/c1-15(2,3)16-11-10-13-9-8-12-6-4-5-7-14(12)13;;;;/h12-14H,4-11H2,1-3H3;3*1H3;/q4*-1;+4. The Hall–Kier alpha value is 0.674. The SMILES string of the molecule is CC(C)(C)[N-]CCC1CCC2CCCCC21.[CH3-].[CH3-].[CH3-].[Ti+4]. The Kier molecular flexibility index (Phi) is 14.4. The summed E-state index contributed by atoms with van der Waals surface area (Å²) in [6, 6.07) is 0. The Balaban J connectivity index is -0.000000722. The first kappa shape index (κ1) is 25.6. The van der Waals surface area contributed by atoms with Gasteiger partial charge in [-0.15, -0.1) is 12.1 Å². The molecule has 0 aromatic heterocycles. The number of hydrogen-bond donors (Lipinski definition) is 0. The molecular formula is C18H37NTi. The monoisotopic (exact) mass is 315 g/mol. The summed E-state index contributed by atoms with van der Waals surface area (Å²) in [5.41, 5.74) is 0.171. The predicted molar refractivity (Wildman–Crippen MR) is 90.0 cm³/mol. The zero-order valence-corrected chi connectivity index (χ0v) is 16.4. The van der Waals surface area contributed by atoms with Crippen molar-refractivity contribution in [2.75, 3.05) is 6.54 Å². The van der Waals surface area contributed by atoms with Crippen LogP contribution in [0.4, 0.5) is 0 Å². The van der Waals surface area contributed by atoms with Gasteiger partial charge in [0.15, 0.2) is 0 Å². The molecule has 0 heterocycles. The first-order valence-electron chi connectivity index (χ1n) is 7.25. The molecule has 0 radical (unpaired) electrons. The van der Waals surface area contributed by atoms with E-state index in [9.17, 15) is 0 Å². The normalized spacial score (nSPS) is 28.1. The zero-order valence-electron chi connectivity index (χ0n) is 14.8. The summed E-state index contributed by atoms with van der Waals surface area (Å²) in [5.74, 6) is 3.17. The topological polar surface area (TPSA) is 14.1 Å². The molecule has 2 heteroatoms. The summed E-state index contributed by atoms with van der Waals surface area (Å²) < 4.78 is 0. The van der Waals surface area contributed by atoms with Crippen molar-refractivity contribution in [1.82, 2.24) is 0 Å². The van der Waals surface area contributed by atoms with Crippen LogP contribution < -0.4 is 0 Å². The molecule has 0 amide bonds. The molecule has 0 bridgehead atoms. The van der Waals surface area contributed by atoms with Gasteiger partial charge in [0.1, 0.15) is 0 Å². The van der Waals surface area contributed by atoms with Crippen LogP contribution in [-0.4, -0.2) is 12.1 Å². The van der Waals surface area contributed by atoms with E-state index in [-0.39, 0.29) is 49.5 Å². The van der Waals surface area contributed by atoms with Crippen molar-refractivity contribution in [2.45, 2.75) is 71.3 Å². The van der Waals surface area contributed by atoms with E-state index in [2.05, 4.69) is 20.8 Å². The maximum Gasteiger partial charge on any atom is 4.00 e. The van der Waals surface area contributed by atoms with E-state index in [1.54, 1.807) is 0 Å². The molecule has 3 unspecified atom stereocenters. The van der Waals surface area contributed by atoms with E-state index in [4.69, 9.17) is 5.32 Å². The van der Waals surface area contributed by atoms with Gasteiger partial charge in [0, 0.05) is 0 Å². The molecule has 2 aliphatic carbocycles. The Bertz CT molecular complexity index is 222. The second-order valence-electron chi connectivity index (χ2n) is 6.89. The minimum Gasteiger partial charge on any atom is -0.657 e. The Morgan fingerprint density at radius 1 is 0.900 bits per heavy atom. The number of rotatable bonds is 3. The van der Waals surface area contributed by atoms with E-state index in [0.717, 1.165) is 24.3 Å². The van der Waals surface area contributed by atoms with E-state index in [1.165, 1.54) is 44.9 Å². The molecule has 0 aliphatic heterocycles. The van der Waals surface area contributed by atoms with Crippen molar-refractivity contribution in [2.24, 2.45) is 17.8 Å². The van der Waals surface area contributed by atoms with Crippen LogP contribution in [0.5, 0.6) is 0 Å². The largest absolute Gasteiger partial charge is 4.00 e. The molecule has 0 saturated heterocycles. The molecule has 118 valence electrons. The molecule has 0 aromatic carbocycles. The fraction of sp³-hybridized carbons (Fsp3) is 0.833. The third-order valence-electron chi connectivity index (χ3n) is 4.57. The Labute approximate surface area is 145 Å². The maximum atomic E-state index is 4.76. The minimum absolute atomic E-state index is 0. The molecule has 0 N–H and O–H groups in total. The van der Waals surface area contributed by atoms with E-state index in [1.807, 2.05) is 0 Å². The zero-order chi connectivity index (χ0) is 11.6. The van der Waals surface area contributed by atoms with Gasteiger partial charge in [-0.25, -0.2) is 0 Å². The average Bonchev–Trinajstić information content (AvgIpc) is 2.60. The molecule has 0 aromatic rings. The molecule has 2 rings (SSSR count). The molecule has 2 aliphatic rings. The maximum absolute atomic E-state index is 4.76. The Morgan fingerprint density at radius 3 is 2.10 bits per heavy atom. The van der Waals surface area contributed by atoms with Gasteiger partial charge in [0.2, 0.25) is 0 Å². The quantitative estimate of drug-likeness (QED) is 0.440. The molecule has 0 spiro atoms. The van der Waals surface area contributed by atoms with Crippen molar-refractivity contribution in [3.8, 4) is 0 Å². The summed E-state index contributed by atoms with van der Waals surface area (Å²) in [5, 5.41) is 4.76. The summed E-state index contributed by atoms with van der Waals surface area (Å²) >= 11 is 0. The fourth-order valence-electron chi connectivity index (χ4n) is 3.78. The number of hydrogen-bond acceptors (Lipinski definition) is 0. The first-order valence-corrected chi connectivity index (χ1v) is 7.25. The summed E-state index contributed by atoms with van der Waals surface area (Å²) in [4.78, 5) is 0. The van der Waals surface area contributed by atoms with Gasteiger partial charge in [-0.3, -0.25) is 0 Å². The predicted octanol–water partition coefficient (Wildman–Crippen LogP) is 6.11. The van der Waals surface area contributed by atoms with Crippen LogP contribution in [-0.2, 0) is 21.7 Å². The third kappa shape index (κ3) is 7.62. The molecule has 3 atom stereocenters. The van der Waals surface area contributed by atoms with Crippen LogP contribution in [0.1, 0.15) is 65.7 Å². The van der Waals surface area contributed by atoms with Gasteiger partial charge in [0.25, 0.3) is 0 Å². The minimum atomic E-state index is 0. The van der Waals surface area contributed by atoms with Gasteiger partial charge in [-0.2, -0.15) is 0 Å². The van der Waals surface area contributed by atoms with Gasteiger partial charge in [0.05, 0.1) is 0 Å². The van der Waals surface area contributed by atoms with Crippen LogP contribution in [0, 0.1) is 40.0 Å². The second kappa shape index (κ2) is 11.3. The molecular weight excluding hydrogens is 278 g/mol. The fourth-order valence-corrected chi connectivity index (χ4v) is 3.78. The van der Waals surface area contributed by atoms with Crippen molar-refractivity contribution in [3.05, 3.63) is 27.6 Å². The van der Waals surface area contributed by atoms with Crippen LogP contribution in [0.15, 0.2) is 0 Å². The van der Waals surface area contributed by atoms with Crippen LogP contribution in [0.3, 0.4) is 0 Å². The number of fused-ring (bicyclic) bond motifs is 1. The van der Waals surface area contributed by atoms with Gasteiger partial charge >= 0.3 is 21.7 Å². The summed E-state index contributed by atoms with van der Waals surface area (Å²) in [6.45, 7) is 7.73. The van der Waals surface area contributed by atoms with Crippen molar-refractivity contribution < 1.29 is 21.7 Å². The van der Waals surface area contributed by atoms with Crippen LogP contribution in [0.25, 0.3) is 5.32 Å².